The predicted octanol–water partition coefficient (Wildman–Crippen LogP) is 2.58. The van der Waals surface area contributed by atoms with E-state index in [4.69, 9.17) is 4.74 Å². The highest BCUT2D eigenvalue weighted by atomic mass is 32.1. The third-order valence-electron chi connectivity index (χ3n) is 3.37. The Balaban J connectivity index is 1.92. The number of carbonyl (C=O) groups excluding carboxylic acids is 2. The standard InChI is InChI=1S/C15H23N3O3S/c1-10-12(16-9-22-10)13(19)17-11-6-5-7-18(8-11)14(20)21-15(2,3)4/h9,11H,5-8H2,1-4H3,(H,17,19). The van der Waals surface area contributed by atoms with Gasteiger partial charge < -0.3 is 15.0 Å². The second-order valence-electron chi connectivity index (χ2n) is 6.50. The maximum absolute atomic E-state index is 12.2. The minimum Gasteiger partial charge on any atom is -0.444 e. The Morgan fingerprint density at radius 2 is 2.18 bits per heavy atom. The average Bonchev–Trinajstić information content (AvgIpc) is 2.83. The van der Waals surface area contributed by atoms with E-state index in [0.29, 0.717) is 18.8 Å². The Morgan fingerprint density at radius 1 is 1.45 bits per heavy atom. The van der Waals surface area contributed by atoms with E-state index in [9.17, 15) is 9.59 Å². The number of likely N-dealkylation sites (tertiary alicyclic amines) is 1. The van der Waals surface area contributed by atoms with Crippen LogP contribution in [0.5, 0.6) is 0 Å². The largest absolute Gasteiger partial charge is 0.444 e. The van der Waals surface area contributed by atoms with Crippen LogP contribution in [0, 0.1) is 6.92 Å². The molecule has 1 saturated heterocycles. The van der Waals surface area contributed by atoms with Crippen molar-refractivity contribution in [2.75, 3.05) is 13.1 Å². The summed E-state index contributed by atoms with van der Waals surface area (Å²) in [7, 11) is 0. The van der Waals surface area contributed by atoms with Crippen LogP contribution in [-0.4, -0.2) is 46.6 Å². The highest BCUT2D eigenvalue weighted by Gasteiger charge is 2.28. The molecule has 0 bridgehead atoms. The van der Waals surface area contributed by atoms with Gasteiger partial charge in [-0.1, -0.05) is 0 Å². The maximum Gasteiger partial charge on any atom is 0.410 e. The topological polar surface area (TPSA) is 71.5 Å². The molecule has 1 N–H and O–H groups in total. The van der Waals surface area contributed by atoms with E-state index in [1.54, 1.807) is 10.4 Å². The average molecular weight is 325 g/mol. The molecule has 1 atom stereocenters. The number of ether oxygens (including phenoxy) is 1. The lowest BCUT2D eigenvalue weighted by Crippen LogP contribution is -2.50. The van der Waals surface area contributed by atoms with Crippen LogP contribution in [-0.2, 0) is 4.74 Å². The first-order chi connectivity index (χ1) is 10.3. The van der Waals surface area contributed by atoms with Crippen molar-refractivity contribution >= 4 is 23.3 Å². The molecule has 0 aromatic carbocycles. The number of nitrogens with zero attached hydrogens (tertiary/aromatic N) is 2. The van der Waals surface area contributed by atoms with Gasteiger partial charge in [-0.2, -0.15) is 0 Å². The number of hydrogen-bond acceptors (Lipinski definition) is 5. The molecule has 1 aliphatic heterocycles. The number of carbonyl (C=O) groups is 2. The zero-order valence-electron chi connectivity index (χ0n) is 13.5. The number of amides is 2. The Labute approximate surface area is 134 Å². The van der Waals surface area contributed by atoms with Gasteiger partial charge in [-0.3, -0.25) is 4.79 Å². The van der Waals surface area contributed by atoms with Gasteiger partial charge in [0.1, 0.15) is 11.3 Å². The summed E-state index contributed by atoms with van der Waals surface area (Å²) in [5.41, 5.74) is 1.63. The van der Waals surface area contributed by atoms with Crippen molar-refractivity contribution in [3.63, 3.8) is 0 Å². The monoisotopic (exact) mass is 325 g/mol. The fourth-order valence-corrected chi connectivity index (χ4v) is 2.94. The summed E-state index contributed by atoms with van der Waals surface area (Å²) in [6.07, 6.45) is 1.38. The summed E-state index contributed by atoms with van der Waals surface area (Å²) in [6, 6.07) is -0.0603. The fraction of sp³-hybridized carbons (Fsp3) is 0.667. The van der Waals surface area contributed by atoms with E-state index in [0.717, 1.165) is 17.7 Å². The van der Waals surface area contributed by atoms with Crippen LogP contribution < -0.4 is 5.32 Å². The third-order valence-corrected chi connectivity index (χ3v) is 4.13. The second kappa shape index (κ2) is 6.64. The Bertz CT molecular complexity index is 550. The lowest BCUT2D eigenvalue weighted by Gasteiger charge is -2.34. The van der Waals surface area contributed by atoms with Crippen molar-refractivity contribution in [2.45, 2.75) is 52.2 Å². The fourth-order valence-electron chi connectivity index (χ4n) is 2.36. The molecule has 0 aliphatic carbocycles. The van der Waals surface area contributed by atoms with Crippen LogP contribution >= 0.6 is 11.3 Å². The number of piperidine rings is 1. The summed E-state index contributed by atoms with van der Waals surface area (Å²) >= 11 is 1.45. The van der Waals surface area contributed by atoms with E-state index in [-0.39, 0.29) is 18.0 Å². The second-order valence-corrected chi connectivity index (χ2v) is 7.56. The molecule has 1 aromatic heterocycles. The maximum atomic E-state index is 12.2. The van der Waals surface area contributed by atoms with Gasteiger partial charge >= 0.3 is 6.09 Å². The SMILES string of the molecule is Cc1scnc1C(=O)NC1CCCN(C(=O)OC(C)(C)C)C1. The van der Waals surface area contributed by atoms with Crippen molar-refractivity contribution in [2.24, 2.45) is 0 Å². The van der Waals surface area contributed by atoms with Crippen molar-refractivity contribution in [1.82, 2.24) is 15.2 Å². The summed E-state index contributed by atoms with van der Waals surface area (Å²) in [6.45, 7) is 8.55. The van der Waals surface area contributed by atoms with E-state index in [1.165, 1.54) is 11.3 Å². The van der Waals surface area contributed by atoms with Gasteiger partial charge in [-0.15, -0.1) is 11.3 Å². The van der Waals surface area contributed by atoms with Crippen molar-refractivity contribution in [1.29, 1.82) is 0 Å². The van der Waals surface area contributed by atoms with Crippen molar-refractivity contribution < 1.29 is 14.3 Å². The number of aryl methyl sites for hydroxylation is 1. The Morgan fingerprint density at radius 3 is 2.77 bits per heavy atom. The van der Waals surface area contributed by atoms with E-state index in [2.05, 4.69) is 10.3 Å². The zero-order valence-corrected chi connectivity index (χ0v) is 14.3. The minimum atomic E-state index is -0.509. The molecular formula is C15H23N3O3S. The van der Waals surface area contributed by atoms with Gasteiger partial charge in [-0.25, -0.2) is 9.78 Å². The molecule has 122 valence electrons. The highest BCUT2D eigenvalue weighted by Crippen LogP contribution is 2.16. The normalized spacial score (nSPS) is 18.9. The molecule has 7 heteroatoms. The van der Waals surface area contributed by atoms with Crippen molar-refractivity contribution in [3.8, 4) is 0 Å². The first kappa shape index (κ1) is 16.7. The van der Waals surface area contributed by atoms with Gasteiger partial charge in [-0.05, 0) is 40.5 Å². The summed E-state index contributed by atoms with van der Waals surface area (Å²) in [5, 5.41) is 2.97. The first-order valence-electron chi connectivity index (χ1n) is 7.45. The molecule has 2 amide bonds. The van der Waals surface area contributed by atoms with Gasteiger partial charge in [0.2, 0.25) is 0 Å². The highest BCUT2D eigenvalue weighted by molar-refractivity contribution is 7.09. The molecule has 0 spiro atoms. The lowest BCUT2D eigenvalue weighted by molar-refractivity contribution is 0.0185. The molecule has 1 aromatic rings. The molecule has 2 rings (SSSR count). The lowest BCUT2D eigenvalue weighted by atomic mass is 10.1. The predicted molar refractivity (Wildman–Crippen MR) is 85.1 cm³/mol. The number of nitrogens with one attached hydrogen (secondary N) is 1. The van der Waals surface area contributed by atoms with E-state index >= 15 is 0 Å². The first-order valence-corrected chi connectivity index (χ1v) is 8.33. The van der Waals surface area contributed by atoms with Gasteiger partial charge in [0.15, 0.2) is 0 Å². The Hall–Kier alpha value is -1.63. The quantitative estimate of drug-likeness (QED) is 0.907. The van der Waals surface area contributed by atoms with E-state index in [1.807, 2.05) is 27.7 Å². The van der Waals surface area contributed by atoms with Crippen LogP contribution in [0.3, 0.4) is 0 Å². The number of hydrogen-bond donors (Lipinski definition) is 1. The molecule has 0 saturated carbocycles. The number of aromatic nitrogens is 1. The molecule has 1 aliphatic rings. The third kappa shape index (κ3) is 4.43. The molecule has 2 heterocycles. The molecule has 1 fully saturated rings. The van der Waals surface area contributed by atoms with Crippen LogP contribution in [0.1, 0.15) is 49.0 Å². The van der Waals surface area contributed by atoms with Gasteiger partial charge in [0.25, 0.3) is 5.91 Å². The van der Waals surface area contributed by atoms with Crippen LogP contribution in [0.15, 0.2) is 5.51 Å². The molecular weight excluding hydrogens is 302 g/mol. The summed E-state index contributed by atoms with van der Waals surface area (Å²) in [4.78, 5) is 31.0. The number of thiazole rings is 1. The smallest absolute Gasteiger partial charge is 0.410 e. The molecule has 22 heavy (non-hydrogen) atoms. The molecule has 1 unspecified atom stereocenters. The minimum absolute atomic E-state index is 0.0603. The van der Waals surface area contributed by atoms with Crippen LogP contribution in [0.25, 0.3) is 0 Å². The van der Waals surface area contributed by atoms with Crippen LogP contribution in [0.2, 0.25) is 0 Å². The Kier molecular flexibility index (Phi) is 5.05. The van der Waals surface area contributed by atoms with E-state index < -0.39 is 5.60 Å². The summed E-state index contributed by atoms with van der Waals surface area (Å²) in [5.74, 6) is -0.171. The molecule has 0 radical (unpaired) electrons. The summed E-state index contributed by atoms with van der Waals surface area (Å²) < 4.78 is 5.39. The van der Waals surface area contributed by atoms with Crippen molar-refractivity contribution in [3.05, 3.63) is 16.1 Å². The zero-order chi connectivity index (χ0) is 16.3. The van der Waals surface area contributed by atoms with Gasteiger partial charge in [0, 0.05) is 24.0 Å². The molecule has 6 nitrogen and oxygen atoms in total. The van der Waals surface area contributed by atoms with Crippen LogP contribution in [0.4, 0.5) is 4.79 Å². The number of rotatable bonds is 2. The van der Waals surface area contributed by atoms with Gasteiger partial charge in [0.05, 0.1) is 5.51 Å².